The van der Waals surface area contributed by atoms with Crippen molar-refractivity contribution in [2.45, 2.75) is 44.6 Å². The summed E-state index contributed by atoms with van der Waals surface area (Å²) in [6.45, 7) is 3.51. The molecule has 1 aliphatic rings. The second-order valence-electron chi connectivity index (χ2n) is 6.02. The van der Waals surface area contributed by atoms with E-state index in [0.29, 0.717) is 13.1 Å². The summed E-state index contributed by atoms with van der Waals surface area (Å²) in [6.07, 6.45) is 7.13. The fourth-order valence-electron chi connectivity index (χ4n) is 2.85. The van der Waals surface area contributed by atoms with Gasteiger partial charge in [0.2, 0.25) is 0 Å². The van der Waals surface area contributed by atoms with E-state index in [-0.39, 0.29) is 11.3 Å². The van der Waals surface area contributed by atoms with Gasteiger partial charge in [-0.3, -0.25) is 4.90 Å². The minimum Gasteiger partial charge on any atom is -0.329 e. The minimum absolute atomic E-state index is 0.00937. The van der Waals surface area contributed by atoms with E-state index < -0.39 is 9.84 Å². The molecule has 0 amide bonds. The van der Waals surface area contributed by atoms with Crippen molar-refractivity contribution in [3.05, 3.63) is 0 Å². The van der Waals surface area contributed by atoms with Gasteiger partial charge in [0.1, 0.15) is 9.84 Å². The van der Waals surface area contributed by atoms with Crippen LogP contribution in [-0.2, 0) is 9.84 Å². The zero-order chi connectivity index (χ0) is 13.8. The van der Waals surface area contributed by atoms with Gasteiger partial charge in [0.15, 0.2) is 0 Å². The SMILES string of the molecule is CC1CCCC(CN)(N(C)CCS(C)(=O)=O)CC1. The monoisotopic (exact) mass is 276 g/mol. The lowest BCUT2D eigenvalue weighted by atomic mass is 9.88. The predicted octanol–water partition coefficient (Wildman–Crippen LogP) is 1.26. The van der Waals surface area contributed by atoms with Crippen molar-refractivity contribution in [3.63, 3.8) is 0 Å². The first-order chi connectivity index (χ1) is 8.29. The number of nitrogens with zero attached hydrogens (tertiary/aromatic N) is 1. The molecular formula is C13H28N2O2S. The van der Waals surface area contributed by atoms with E-state index in [1.54, 1.807) is 0 Å². The molecule has 2 unspecified atom stereocenters. The van der Waals surface area contributed by atoms with Gasteiger partial charge >= 0.3 is 0 Å². The van der Waals surface area contributed by atoms with Gasteiger partial charge in [0.05, 0.1) is 5.75 Å². The zero-order valence-corrected chi connectivity index (χ0v) is 12.8. The highest BCUT2D eigenvalue weighted by molar-refractivity contribution is 7.90. The van der Waals surface area contributed by atoms with Crippen LogP contribution in [0.15, 0.2) is 0 Å². The van der Waals surface area contributed by atoms with E-state index in [1.165, 1.54) is 25.5 Å². The third-order valence-corrected chi connectivity index (χ3v) is 5.35. The van der Waals surface area contributed by atoms with Crippen LogP contribution in [0, 0.1) is 5.92 Å². The van der Waals surface area contributed by atoms with Crippen molar-refractivity contribution in [1.82, 2.24) is 4.90 Å². The summed E-state index contributed by atoms with van der Waals surface area (Å²) in [5, 5.41) is 0. The Labute approximate surface area is 112 Å². The third-order valence-electron chi connectivity index (χ3n) is 4.43. The third kappa shape index (κ3) is 4.52. The lowest BCUT2D eigenvalue weighted by Crippen LogP contribution is -2.53. The Kier molecular flexibility index (Phi) is 5.62. The van der Waals surface area contributed by atoms with E-state index in [1.807, 2.05) is 7.05 Å². The van der Waals surface area contributed by atoms with Crippen LogP contribution in [0.1, 0.15) is 39.0 Å². The molecule has 1 aliphatic carbocycles. The number of likely N-dealkylation sites (N-methyl/N-ethyl adjacent to an activating group) is 1. The molecule has 2 atom stereocenters. The Bertz CT molecular complexity index is 356. The summed E-state index contributed by atoms with van der Waals surface area (Å²) in [5.74, 6) is 0.989. The zero-order valence-electron chi connectivity index (χ0n) is 12.0. The molecule has 2 N–H and O–H groups in total. The highest BCUT2D eigenvalue weighted by Crippen LogP contribution is 2.33. The molecule has 0 radical (unpaired) electrons. The largest absolute Gasteiger partial charge is 0.329 e. The molecule has 0 saturated heterocycles. The Morgan fingerprint density at radius 1 is 1.33 bits per heavy atom. The van der Waals surface area contributed by atoms with Gasteiger partial charge in [0, 0.05) is 24.9 Å². The summed E-state index contributed by atoms with van der Waals surface area (Å²) in [4.78, 5) is 2.19. The minimum atomic E-state index is -2.90. The molecule has 18 heavy (non-hydrogen) atoms. The van der Waals surface area contributed by atoms with Crippen molar-refractivity contribution in [2.24, 2.45) is 11.7 Å². The van der Waals surface area contributed by atoms with E-state index in [4.69, 9.17) is 5.73 Å². The first-order valence-electron chi connectivity index (χ1n) is 6.88. The molecule has 0 heterocycles. The Morgan fingerprint density at radius 3 is 2.56 bits per heavy atom. The number of nitrogens with two attached hydrogens (primary N) is 1. The predicted molar refractivity (Wildman–Crippen MR) is 76.4 cm³/mol. The van der Waals surface area contributed by atoms with Crippen LogP contribution in [0.25, 0.3) is 0 Å². The summed E-state index contributed by atoms with van der Waals surface area (Å²) >= 11 is 0. The van der Waals surface area contributed by atoms with E-state index >= 15 is 0 Å². The van der Waals surface area contributed by atoms with Crippen LogP contribution < -0.4 is 5.73 Å². The number of sulfone groups is 1. The Balaban J connectivity index is 2.67. The maximum absolute atomic E-state index is 11.3. The lowest BCUT2D eigenvalue weighted by Gasteiger charge is -2.41. The molecule has 4 nitrogen and oxygen atoms in total. The van der Waals surface area contributed by atoms with Crippen LogP contribution in [0.5, 0.6) is 0 Å². The summed E-state index contributed by atoms with van der Waals surface area (Å²) in [5.41, 5.74) is 6.01. The smallest absolute Gasteiger partial charge is 0.148 e. The second-order valence-corrected chi connectivity index (χ2v) is 8.28. The van der Waals surface area contributed by atoms with Gasteiger partial charge in [-0.1, -0.05) is 19.8 Å². The van der Waals surface area contributed by atoms with Gasteiger partial charge in [-0.2, -0.15) is 0 Å². The van der Waals surface area contributed by atoms with Gasteiger partial charge in [-0.15, -0.1) is 0 Å². The molecule has 0 spiro atoms. The topological polar surface area (TPSA) is 63.4 Å². The van der Waals surface area contributed by atoms with Crippen LogP contribution in [0.3, 0.4) is 0 Å². The molecule has 0 aromatic heterocycles. The molecule has 5 heteroatoms. The summed E-state index contributed by atoms with van der Waals surface area (Å²) in [7, 11) is -0.873. The standard InChI is InChI=1S/C13H28N2O2S/c1-12-5-4-7-13(11-14,8-6-12)15(2)9-10-18(3,16)17/h12H,4-11,14H2,1-3H3. The van der Waals surface area contributed by atoms with Gasteiger partial charge in [-0.25, -0.2) is 8.42 Å². The van der Waals surface area contributed by atoms with Crippen LogP contribution in [0.4, 0.5) is 0 Å². The van der Waals surface area contributed by atoms with Crippen molar-refractivity contribution >= 4 is 9.84 Å². The van der Waals surface area contributed by atoms with Crippen molar-refractivity contribution in [3.8, 4) is 0 Å². The maximum Gasteiger partial charge on any atom is 0.148 e. The quantitative estimate of drug-likeness (QED) is 0.768. The molecular weight excluding hydrogens is 248 g/mol. The highest BCUT2D eigenvalue weighted by Gasteiger charge is 2.34. The van der Waals surface area contributed by atoms with Crippen LogP contribution in [-0.4, -0.2) is 51.0 Å². The number of hydrogen-bond donors (Lipinski definition) is 1. The van der Waals surface area contributed by atoms with Gasteiger partial charge < -0.3 is 5.73 Å². The van der Waals surface area contributed by atoms with E-state index in [9.17, 15) is 8.42 Å². The number of rotatable bonds is 5. The van der Waals surface area contributed by atoms with Crippen molar-refractivity contribution in [2.75, 3.05) is 32.1 Å². The molecule has 1 rings (SSSR count). The molecule has 0 bridgehead atoms. The average molecular weight is 276 g/mol. The Morgan fingerprint density at radius 2 is 2.00 bits per heavy atom. The normalized spacial score (nSPS) is 30.4. The molecule has 1 fully saturated rings. The van der Waals surface area contributed by atoms with E-state index in [2.05, 4.69) is 11.8 Å². The van der Waals surface area contributed by atoms with Crippen LogP contribution >= 0.6 is 0 Å². The highest BCUT2D eigenvalue weighted by atomic mass is 32.2. The second kappa shape index (κ2) is 6.35. The molecule has 0 aliphatic heterocycles. The number of hydrogen-bond acceptors (Lipinski definition) is 4. The van der Waals surface area contributed by atoms with Gasteiger partial charge in [0.25, 0.3) is 0 Å². The molecule has 1 saturated carbocycles. The van der Waals surface area contributed by atoms with Crippen molar-refractivity contribution in [1.29, 1.82) is 0 Å². The first kappa shape index (κ1) is 15.9. The van der Waals surface area contributed by atoms with Crippen molar-refractivity contribution < 1.29 is 8.42 Å². The summed E-state index contributed by atoms with van der Waals surface area (Å²) < 4.78 is 22.5. The summed E-state index contributed by atoms with van der Waals surface area (Å²) in [6, 6.07) is 0. The fraction of sp³-hybridized carbons (Fsp3) is 1.00. The lowest BCUT2D eigenvalue weighted by molar-refractivity contribution is 0.113. The van der Waals surface area contributed by atoms with Crippen LogP contribution in [0.2, 0.25) is 0 Å². The molecule has 0 aromatic rings. The van der Waals surface area contributed by atoms with E-state index in [0.717, 1.165) is 18.8 Å². The average Bonchev–Trinajstić information content (AvgIpc) is 2.48. The first-order valence-corrected chi connectivity index (χ1v) is 8.94. The Hall–Kier alpha value is -0.130. The molecule has 0 aromatic carbocycles. The van der Waals surface area contributed by atoms with Gasteiger partial charge in [-0.05, 0) is 32.2 Å². The molecule has 108 valence electrons. The fourth-order valence-corrected chi connectivity index (χ4v) is 3.45. The maximum atomic E-state index is 11.3.